The molecular formula is C17H19ClN2O3. The molecule has 0 radical (unpaired) electrons. The largest absolute Gasteiger partial charge is 0.347 e. The summed E-state index contributed by atoms with van der Waals surface area (Å²) in [6, 6.07) is 7.53. The number of hydrogen-bond donors (Lipinski definition) is 1. The van der Waals surface area contributed by atoms with Crippen LogP contribution in [-0.4, -0.2) is 29.2 Å². The number of benzene rings is 1. The topological polar surface area (TPSA) is 66.5 Å². The first-order valence-corrected chi connectivity index (χ1v) is 8.28. The van der Waals surface area contributed by atoms with Crippen molar-refractivity contribution < 1.29 is 14.4 Å². The van der Waals surface area contributed by atoms with E-state index in [4.69, 9.17) is 11.6 Å². The summed E-state index contributed by atoms with van der Waals surface area (Å²) >= 11 is 5.92. The van der Waals surface area contributed by atoms with E-state index >= 15 is 0 Å². The minimum absolute atomic E-state index is 0.132. The molecule has 1 aliphatic carbocycles. The Hall–Kier alpha value is -1.88. The van der Waals surface area contributed by atoms with Crippen LogP contribution in [0.15, 0.2) is 24.3 Å². The Morgan fingerprint density at radius 2 is 1.74 bits per heavy atom. The molecule has 1 aliphatic heterocycles. The van der Waals surface area contributed by atoms with Crippen molar-refractivity contribution in [1.82, 2.24) is 10.2 Å². The van der Waals surface area contributed by atoms with Gasteiger partial charge in [-0.3, -0.25) is 19.3 Å². The Bertz CT molecular complexity index is 622. The predicted octanol–water partition coefficient (Wildman–Crippen LogP) is 2.37. The van der Waals surface area contributed by atoms with Gasteiger partial charge < -0.3 is 5.32 Å². The van der Waals surface area contributed by atoms with Crippen molar-refractivity contribution in [2.24, 2.45) is 0 Å². The number of rotatable bonds is 5. The lowest BCUT2D eigenvalue weighted by Crippen LogP contribution is -2.51. The van der Waals surface area contributed by atoms with E-state index < -0.39 is 0 Å². The molecular weight excluding hydrogens is 316 g/mol. The van der Waals surface area contributed by atoms with Gasteiger partial charge in [0.1, 0.15) is 0 Å². The minimum atomic E-state index is -0.333. The molecule has 122 valence electrons. The minimum Gasteiger partial charge on any atom is -0.347 e. The van der Waals surface area contributed by atoms with Crippen molar-refractivity contribution in [1.29, 1.82) is 0 Å². The van der Waals surface area contributed by atoms with Gasteiger partial charge in [0.25, 0.3) is 0 Å². The highest BCUT2D eigenvalue weighted by atomic mass is 35.5. The van der Waals surface area contributed by atoms with Gasteiger partial charge in [-0.25, -0.2) is 0 Å². The van der Waals surface area contributed by atoms with Crippen LogP contribution in [0.25, 0.3) is 0 Å². The smallest absolute Gasteiger partial charge is 0.229 e. The third kappa shape index (κ3) is 3.24. The number of carbonyl (C=O) groups is 3. The van der Waals surface area contributed by atoms with E-state index in [1.165, 1.54) is 4.90 Å². The summed E-state index contributed by atoms with van der Waals surface area (Å²) in [4.78, 5) is 36.6. The van der Waals surface area contributed by atoms with Gasteiger partial charge in [-0.2, -0.15) is 0 Å². The molecule has 2 aliphatic rings. The van der Waals surface area contributed by atoms with E-state index in [9.17, 15) is 14.4 Å². The van der Waals surface area contributed by atoms with E-state index in [0.29, 0.717) is 5.02 Å². The van der Waals surface area contributed by atoms with E-state index in [2.05, 4.69) is 5.32 Å². The van der Waals surface area contributed by atoms with Crippen LogP contribution in [0.4, 0.5) is 0 Å². The third-order valence-corrected chi connectivity index (χ3v) is 4.95. The van der Waals surface area contributed by atoms with Gasteiger partial charge in [0.05, 0.1) is 5.54 Å². The summed E-state index contributed by atoms with van der Waals surface area (Å²) in [5.41, 5.74) is 0.718. The van der Waals surface area contributed by atoms with Gasteiger partial charge in [-0.05, 0) is 37.0 Å². The molecule has 1 aromatic carbocycles. The van der Waals surface area contributed by atoms with Crippen LogP contribution in [0.2, 0.25) is 5.02 Å². The van der Waals surface area contributed by atoms with E-state index in [1.54, 1.807) is 0 Å². The third-order valence-electron chi connectivity index (χ3n) is 4.70. The number of halogens is 1. The van der Waals surface area contributed by atoms with Gasteiger partial charge in [-0.15, -0.1) is 0 Å². The number of nitrogens with zero attached hydrogens (tertiary/aromatic N) is 1. The predicted molar refractivity (Wildman–Crippen MR) is 85.7 cm³/mol. The molecule has 3 rings (SSSR count). The van der Waals surface area contributed by atoms with Gasteiger partial charge in [0, 0.05) is 30.8 Å². The molecule has 23 heavy (non-hydrogen) atoms. The quantitative estimate of drug-likeness (QED) is 0.841. The summed E-state index contributed by atoms with van der Waals surface area (Å²) in [6.07, 6.45) is 3.51. The lowest BCUT2D eigenvalue weighted by molar-refractivity contribution is -0.138. The summed E-state index contributed by atoms with van der Waals surface area (Å²) < 4.78 is 0. The maximum absolute atomic E-state index is 12.3. The number of likely N-dealkylation sites (tertiary alicyclic amines) is 1. The molecule has 0 bridgehead atoms. The SMILES string of the molecule is O=C(CCN1C(=O)CCC1=O)NC1(c2ccc(Cl)cc2)CCC1. The molecule has 0 atom stereocenters. The summed E-state index contributed by atoms with van der Waals surface area (Å²) in [7, 11) is 0. The highest BCUT2D eigenvalue weighted by Gasteiger charge is 2.40. The van der Waals surface area contributed by atoms with Crippen LogP contribution in [0.1, 0.15) is 44.1 Å². The standard InChI is InChI=1S/C17H19ClN2O3/c18-13-4-2-12(3-5-13)17(9-1-10-17)19-14(21)8-11-20-15(22)6-7-16(20)23/h2-5H,1,6-11H2,(H,19,21). The second-order valence-electron chi connectivity index (χ2n) is 6.18. The Balaban J connectivity index is 1.60. The fourth-order valence-electron chi connectivity index (χ4n) is 3.20. The van der Waals surface area contributed by atoms with E-state index in [1.807, 2.05) is 24.3 Å². The van der Waals surface area contributed by atoms with Gasteiger partial charge in [0.2, 0.25) is 17.7 Å². The molecule has 5 nitrogen and oxygen atoms in total. The normalized spacial score (nSPS) is 19.6. The van der Waals surface area contributed by atoms with E-state index in [-0.39, 0.29) is 49.1 Å². The van der Waals surface area contributed by atoms with Crippen molar-refractivity contribution in [2.75, 3.05) is 6.54 Å². The Kier molecular flexibility index (Phi) is 4.39. The molecule has 1 heterocycles. The molecule has 1 saturated carbocycles. The number of imide groups is 1. The zero-order valence-corrected chi connectivity index (χ0v) is 13.6. The lowest BCUT2D eigenvalue weighted by atomic mass is 9.71. The summed E-state index contributed by atoms with van der Waals surface area (Å²) in [5.74, 6) is -0.495. The van der Waals surface area contributed by atoms with Crippen LogP contribution < -0.4 is 5.32 Å². The Morgan fingerprint density at radius 3 is 2.26 bits per heavy atom. The Morgan fingerprint density at radius 1 is 1.13 bits per heavy atom. The first-order valence-electron chi connectivity index (χ1n) is 7.90. The zero-order valence-electron chi connectivity index (χ0n) is 12.8. The first-order chi connectivity index (χ1) is 11.0. The molecule has 0 unspecified atom stereocenters. The molecule has 0 spiro atoms. The molecule has 2 fully saturated rings. The average Bonchev–Trinajstić information content (AvgIpc) is 2.81. The monoisotopic (exact) mass is 334 g/mol. The van der Waals surface area contributed by atoms with Crippen molar-refractivity contribution >= 4 is 29.3 Å². The van der Waals surface area contributed by atoms with Gasteiger partial charge in [-0.1, -0.05) is 23.7 Å². The summed E-state index contributed by atoms with van der Waals surface area (Å²) in [6.45, 7) is 0.167. The lowest BCUT2D eigenvalue weighted by Gasteiger charge is -2.43. The maximum Gasteiger partial charge on any atom is 0.229 e. The van der Waals surface area contributed by atoms with Gasteiger partial charge >= 0.3 is 0 Å². The average molecular weight is 335 g/mol. The van der Waals surface area contributed by atoms with Crippen LogP contribution in [0.3, 0.4) is 0 Å². The number of carbonyl (C=O) groups excluding carboxylic acids is 3. The fraction of sp³-hybridized carbons (Fsp3) is 0.471. The van der Waals surface area contributed by atoms with Crippen LogP contribution >= 0.6 is 11.6 Å². The van der Waals surface area contributed by atoms with Gasteiger partial charge in [0.15, 0.2) is 0 Å². The summed E-state index contributed by atoms with van der Waals surface area (Å²) in [5, 5.41) is 3.76. The van der Waals surface area contributed by atoms with Crippen molar-refractivity contribution in [2.45, 2.75) is 44.1 Å². The highest BCUT2D eigenvalue weighted by molar-refractivity contribution is 6.30. The molecule has 6 heteroatoms. The second kappa shape index (κ2) is 6.32. The van der Waals surface area contributed by atoms with E-state index in [0.717, 1.165) is 24.8 Å². The first kappa shape index (κ1) is 16.0. The Labute approximate surface area is 140 Å². The highest BCUT2D eigenvalue weighted by Crippen LogP contribution is 2.41. The molecule has 1 aromatic rings. The van der Waals surface area contributed by atoms with Crippen LogP contribution in [0, 0.1) is 0 Å². The van der Waals surface area contributed by atoms with Crippen LogP contribution in [0.5, 0.6) is 0 Å². The molecule has 1 saturated heterocycles. The van der Waals surface area contributed by atoms with Crippen molar-refractivity contribution in [3.63, 3.8) is 0 Å². The van der Waals surface area contributed by atoms with Crippen molar-refractivity contribution in [3.8, 4) is 0 Å². The number of nitrogens with one attached hydrogen (secondary N) is 1. The van der Waals surface area contributed by atoms with Crippen molar-refractivity contribution in [3.05, 3.63) is 34.9 Å². The maximum atomic E-state index is 12.3. The van der Waals surface area contributed by atoms with Crippen LogP contribution in [-0.2, 0) is 19.9 Å². The molecule has 3 amide bonds. The molecule has 1 N–H and O–H groups in total. The second-order valence-corrected chi connectivity index (χ2v) is 6.62. The fourth-order valence-corrected chi connectivity index (χ4v) is 3.33. The molecule has 0 aromatic heterocycles. The number of hydrogen-bond acceptors (Lipinski definition) is 3. The zero-order chi connectivity index (χ0) is 16.4. The number of amides is 3.